The van der Waals surface area contributed by atoms with Crippen molar-refractivity contribution in [3.63, 3.8) is 0 Å². The van der Waals surface area contributed by atoms with Crippen LogP contribution in [0.5, 0.6) is 0 Å². The Morgan fingerprint density at radius 2 is 2.55 bits per heavy atom. The van der Waals surface area contributed by atoms with Gasteiger partial charge in [-0.2, -0.15) is 12.6 Å². The monoisotopic (exact) mass is 171 g/mol. The van der Waals surface area contributed by atoms with Crippen LogP contribution in [0.2, 0.25) is 0 Å². The second kappa shape index (κ2) is 4.41. The lowest BCUT2D eigenvalue weighted by molar-refractivity contribution is 0.451. The smallest absolute Gasteiger partial charge is 0.0959 e. The van der Waals surface area contributed by atoms with E-state index in [1.54, 1.807) is 12.5 Å². The normalized spacial score (nSPS) is 13.3. The lowest BCUT2D eigenvalue weighted by Crippen LogP contribution is -2.24. The highest BCUT2D eigenvalue weighted by Gasteiger charge is 1.99. The van der Waals surface area contributed by atoms with Gasteiger partial charge >= 0.3 is 0 Å². The first-order valence-electron chi connectivity index (χ1n) is 3.66. The molecule has 0 saturated heterocycles. The molecule has 0 saturated carbocycles. The second-order valence-electron chi connectivity index (χ2n) is 2.36. The maximum Gasteiger partial charge on any atom is 0.0959 e. The summed E-state index contributed by atoms with van der Waals surface area (Å²) in [6, 6.07) is 0. The highest BCUT2D eigenvalue weighted by atomic mass is 32.1. The van der Waals surface area contributed by atoms with Gasteiger partial charge in [0.05, 0.1) is 12.5 Å². The third-order valence-electron chi connectivity index (χ3n) is 1.52. The van der Waals surface area contributed by atoms with Gasteiger partial charge in [0.15, 0.2) is 0 Å². The molecule has 1 N–H and O–H groups in total. The zero-order valence-corrected chi connectivity index (χ0v) is 7.46. The maximum absolute atomic E-state index is 4.11. The summed E-state index contributed by atoms with van der Waals surface area (Å²) in [6.07, 6.45) is 5.83. The van der Waals surface area contributed by atoms with Gasteiger partial charge in [0.25, 0.3) is 0 Å². The third kappa shape index (κ3) is 2.55. The largest absolute Gasteiger partial charge is 0.322 e. The molecule has 0 aromatic carbocycles. The van der Waals surface area contributed by atoms with Gasteiger partial charge < -0.3 is 4.57 Å². The quantitative estimate of drug-likeness (QED) is 0.660. The van der Waals surface area contributed by atoms with Crippen LogP contribution in [-0.4, -0.2) is 21.8 Å². The Morgan fingerprint density at radius 1 is 1.73 bits per heavy atom. The topological polar surface area (TPSA) is 29.9 Å². The minimum absolute atomic E-state index is 0.310. The molecule has 1 rings (SSSR count). The number of hydrogen-bond acceptors (Lipinski definition) is 3. The standard InChI is InChI=1S/C7H13N3S/c1-7(9-3-5-11)10-4-2-8-6-10/h2,4,6-7,9,11H,3,5H2,1H3. The highest BCUT2D eigenvalue weighted by molar-refractivity contribution is 7.80. The number of nitrogens with one attached hydrogen (secondary N) is 1. The van der Waals surface area contributed by atoms with E-state index < -0.39 is 0 Å². The van der Waals surface area contributed by atoms with Gasteiger partial charge in [-0.1, -0.05) is 0 Å². The molecular formula is C7H13N3S. The summed E-state index contributed by atoms with van der Waals surface area (Å²) < 4.78 is 2.02. The zero-order chi connectivity index (χ0) is 8.10. The number of thiol groups is 1. The van der Waals surface area contributed by atoms with Crippen LogP contribution < -0.4 is 5.32 Å². The van der Waals surface area contributed by atoms with Gasteiger partial charge in [0.1, 0.15) is 0 Å². The average molecular weight is 171 g/mol. The molecular weight excluding hydrogens is 158 g/mol. The SMILES string of the molecule is CC(NCCS)n1ccnc1. The molecule has 62 valence electrons. The maximum atomic E-state index is 4.11. The summed E-state index contributed by atoms with van der Waals surface area (Å²) >= 11 is 4.11. The van der Waals surface area contributed by atoms with E-state index in [2.05, 4.69) is 29.9 Å². The minimum Gasteiger partial charge on any atom is -0.322 e. The molecule has 3 nitrogen and oxygen atoms in total. The zero-order valence-electron chi connectivity index (χ0n) is 6.57. The fraction of sp³-hybridized carbons (Fsp3) is 0.571. The van der Waals surface area contributed by atoms with E-state index in [1.165, 1.54) is 0 Å². The molecule has 1 aromatic heterocycles. The van der Waals surface area contributed by atoms with E-state index in [1.807, 2.05) is 10.8 Å². The number of hydrogen-bond donors (Lipinski definition) is 2. The van der Waals surface area contributed by atoms with Crippen LogP contribution in [0.1, 0.15) is 13.1 Å². The number of rotatable bonds is 4. The Labute approximate surface area is 72.2 Å². The molecule has 1 unspecified atom stereocenters. The van der Waals surface area contributed by atoms with E-state index in [9.17, 15) is 0 Å². The van der Waals surface area contributed by atoms with Gasteiger partial charge in [0, 0.05) is 24.7 Å². The summed E-state index contributed by atoms with van der Waals surface area (Å²) in [5, 5.41) is 3.28. The van der Waals surface area contributed by atoms with Crippen LogP contribution in [-0.2, 0) is 0 Å². The second-order valence-corrected chi connectivity index (χ2v) is 2.81. The van der Waals surface area contributed by atoms with Crippen molar-refractivity contribution in [1.82, 2.24) is 14.9 Å². The van der Waals surface area contributed by atoms with Crippen molar-refractivity contribution in [1.29, 1.82) is 0 Å². The lowest BCUT2D eigenvalue weighted by Gasteiger charge is -2.13. The Balaban J connectivity index is 2.36. The van der Waals surface area contributed by atoms with Crippen molar-refractivity contribution >= 4 is 12.6 Å². The molecule has 0 aliphatic heterocycles. The summed E-state index contributed by atoms with van der Waals surface area (Å²) in [4.78, 5) is 3.96. The van der Waals surface area contributed by atoms with Crippen LogP contribution >= 0.6 is 12.6 Å². The predicted octanol–water partition coefficient (Wildman–Crippen LogP) is 0.921. The van der Waals surface area contributed by atoms with Crippen LogP contribution in [0, 0.1) is 0 Å². The predicted molar refractivity (Wildman–Crippen MR) is 48.8 cm³/mol. The molecule has 1 aromatic rings. The van der Waals surface area contributed by atoms with Crippen molar-refractivity contribution in [3.05, 3.63) is 18.7 Å². The fourth-order valence-electron chi connectivity index (χ4n) is 0.877. The molecule has 0 aliphatic carbocycles. The Morgan fingerprint density at radius 3 is 3.09 bits per heavy atom. The van der Waals surface area contributed by atoms with E-state index >= 15 is 0 Å². The molecule has 0 radical (unpaired) electrons. The van der Waals surface area contributed by atoms with Gasteiger partial charge in [0.2, 0.25) is 0 Å². The number of nitrogens with zero attached hydrogens (tertiary/aromatic N) is 2. The molecule has 0 amide bonds. The molecule has 0 bridgehead atoms. The first-order valence-corrected chi connectivity index (χ1v) is 4.29. The first-order chi connectivity index (χ1) is 5.34. The highest BCUT2D eigenvalue weighted by Crippen LogP contribution is 1.98. The van der Waals surface area contributed by atoms with Crippen molar-refractivity contribution in [2.24, 2.45) is 0 Å². The van der Waals surface area contributed by atoms with Crippen LogP contribution in [0.3, 0.4) is 0 Å². The summed E-state index contributed by atoms with van der Waals surface area (Å²) in [5.74, 6) is 0.860. The number of imidazole rings is 1. The molecule has 4 heteroatoms. The van der Waals surface area contributed by atoms with E-state index in [-0.39, 0.29) is 0 Å². The third-order valence-corrected chi connectivity index (χ3v) is 1.75. The van der Waals surface area contributed by atoms with Crippen LogP contribution in [0.4, 0.5) is 0 Å². The minimum atomic E-state index is 0.310. The Bertz CT molecular complexity index is 186. The molecule has 11 heavy (non-hydrogen) atoms. The van der Waals surface area contributed by atoms with Gasteiger partial charge in [-0.25, -0.2) is 4.98 Å². The Hall–Kier alpha value is -0.480. The van der Waals surface area contributed by atoms with E-state index in [0.717, 1.165) is 12.3 Å². The summed E-state index contributed by atoms with van der Waals surface area (Å²) in [5.41, 5.74) is 0. The van der Waals surface area contributed by atoms with Gasteiger partial charge in [-0.15, -0.1) is 0 Å². The average Bonchev–Trinajstić information content (AvgIpc) is 2.52. The summed E-state index contributed by atoms with van der Waals surface area (Å²) in [7, 11) is 0. The molecule has 0 fully saturated rings. The summed E-state index contributed by atoms with van der Waals surface area (Å²) in [6.45, 7) is 3.01. The van der Waals surface area contributed by atoms with Crippen LogP contribution in [0.25, 0.3) is 0 Å². The molecule has 1 atom stereocenters. The molecule has 1 heterocycles. The van der Waals surface area contributed by atoms with Crippen molar-refractivity contribution in [2.75, 3.05) is 12.3 Å². The van der Waals surface area contributed by atoms with Gasteiger partial charge in [-0.05, 0) is 6.92 Å². The van der Waals surface area contributed by atoms with Gasteiger partial charge in [-0.3, -0.25) is 5.32 Å². The lowest BCUT2D eigenvalue weighted by atomic mass is 10.5. The first kappa shape index (κ1) is 8.62. The fourth-order valence-corrected chi connectivity index (χ4v) is 1.01. The van der Waals surface area contributed by atoms with E-state index in [0.29, 0.717) is 6.17 Å². The molecule has 0 aliphatic rings. The van der Waals surface area contributed by atoms with Crippen molar-refractivity contribution in [2.45, 2.75) is 13.1 Å². The van der Waals surface area contributed by atoms with Crippen molar-refractivity contribution < 1.29 is 0 Å². The van der Waals surface area contributed by atoms with Crippen molar-refractivity contribution in [3.8, 4) is 0 Å². The Kier molecular flexibility index (Phi) is 3.45. The van der Waals surface area contributed by atoms with Crippen LogP contribution in [0.15, 0.2) is 18.7 Å². The molecule has 0 spiro atoms. The van der Waals surface area contributed by atoms with E-state index in [4.69, 9.17) is 0 Å². The number of aromatic nitrogens is 2.